The van der Waals surface area contributed by atoms with Crippen LogP contribution in [0.5, 0.6) is 12.0 Å². The Balaban J connectivity index is 1.33. The Labute approximate surface area is 202 Å². The third-order valence-electron chi connectivity index (χ3n) is 6.41. The molecule has 10 nitrogen and oxygen atoms in total. The van der Waals surface area contributed by atoms with Gasteiger partial charge in [0.05, 0.1) is 25.9 Å². The van der Waals surface area contributed by atoms with Crippen LogP contribution in [0.1, 0.15) is 30.4 Å². The smallest absolute Gasteiger partial charge is 0.320 e. The van der Waals surface area contributed by atoms with Gasteiger partial charge in [-0.1, -0.05) is 30.4 Å². The summed E-state index contributed by atoms with van der Waals surface area (Å²) >= 11 is 0. The van der Waals surface area contributed by atoms with E-state index in [9.17, 15) is 5.11 Å². The molecule has 0 amide bonds. The fraction of sp³-hybridized carbons (Fsp3) is 0.360. The molecular weight excluding hydrogens is 444 g/mol. The Bertz CT molecular complexity index is 1400. The molecule has 180 valence electrons. The molecule has 10 heteroatoms. The minimum atomic E-state index is -0.156. The number of nitrogens with two attached hydrogens (primary N) is 1. The molecule has 35 heavy (non-hydrogen) atoms. The normalized spacial score (nSPS) is 16.8. The van der Waals surface area contributed by atoms with E-state index in [0.717, 1.165) is 36.2 Å². The Kier molecular flexibility index (Phi) is 5.57. The first-order chi connectivity index (χ1) is 17.1. The fourth-order valence-electron chi connectivity index (χ4n) is 4.42. The zero-order valence-corrected chi connectivity index (χ0v) is 19.4. The molecule has 0 spiro atoms. The van der Waals surface area contributed by atoms with E-state index in [2.05, 4.69) is 61.9 Å². The van der Waals surface area contributed by atoms with Gasteiger partial charge in [0.25, 0.3) is 6.01 Å². The first-order valence-corrected chi connectivity index (χ1v) is 12.0. The van der Waals surface area contributed by atoms with Gasteiger partial charge >= 0.3 is 6.01 Å². The Morgan fingerprint density at radius 3 is 2.97 bits per heavy atom. The van der Waals surface area contributed by atoms with Crippen LogP contribution in [0.3, 0.4) is 0 Å². The van der Waals surface area contributed by atoms with Gasteiger partial charge < -0.3 is 20.9 Å². The Hall–Kier alpha value is -3.92. The highest BCUT2D eigenvalue weighted by atomic mass is 16.5. The van der Waals surface area contributed by atoms with Crippen LogP contribution < -0.4 is 15.8 Å². The van der Waals surface area contributed by atoms with Crippen molar-refractivity contribution in [3.63, 3.8) is 0 Å². The van der Waals surface area contributed by atoms with E-state index in [0.29, 0.717) is 36.8 Å². The number of benzene rings is 1. The van der Waals surface area contributed by atoms with Crippen molar-refractivity contribution in [2.24, 2.45) is 0 Å². The zero-order chi connectivity index (χ0) is 23.8. The number of ether oxygens (including phenoxy) is 1. The molecule has 1 aromatic carbocycles. The van der Waals surface area contributed by atoms with Crippen LogP contribution in [0.15, 0.2) is 42.7 Å². The summed E-state index contributed by atoms with van der Waals surface area (Å²) in [4.78, 5) is 12.8. The molecule has 1 aliphatic carbocycles. The van der Waals surface area contributed by atoms with Crippen LogP contribution in [0.4, 0.5) is 5.82 Å². The predicted molar refractivity (Wildman–Crippen MR) is 132 cm³/mol. The van der Waals surface area contributed by atoms with Crippen molar-refractivity contribution in [1.29, 1.82) is 0 Å². The number of aromatic hydroxyl groups is 1. The van der Waals surface area contributed by atoms with Crippen molar-refractivity contribution in [1.82, 2.24) is 34.6 Å². The molecule has 4 heterocycles. The molecule has 2 aliphatic rings. The third kappa shape index (κ3) is 4.57. The van der Waals surface area contributed by atoms with Crippen LogP contribution >= 0.6 is 0 Å². The van der Waals surface area contributed by atoms with Gasteiger partial charge in [0.2, 0.25) is 0 Å². The molecule has 4 bridgehead atoms. The van der Waals surface area contributed by atoms with E-state index >= 15 is 0 Å². The van der Waals surface area contributed by atoms with Crippen LogP contribution in [0.2, 0.25) is 0 Å². The van der Waals surface area contributed by atoms with Crippen molar-refractivity contribution >= 4 is 17.0 Å². The molecule has 3 aromatic heterocycles. The van der Waals surface area contributed by atoms with Crippen molar-refractivity contribution in [3.05, 3.63) is 53.9 Å². The second-order valence-corrected chi connectivity index (χ2v) is 9.09. The summed E-state index contributed by atoms with van der Waals surface area (Å²) in [6.45, 7) is 2.60. The van der Waals surface area contributed by atoms with Gasteiger partial charge in [0, 0.05) is 24.3 Å². The lowest BCUT2D eigenvalue weighted by Gasteiger charge is -2.12. The van der Waals surface area contributed by atoms with Gasteiger partial charge in [-0.05, 0) is 42.4 Å². The highest BCUT2D eigenvalue weighted by Crippen LogP contribution is 2.29. The summed E-state index contributed by atoms with van der Waals surface area (Å²) in [5, 5.41) is 18.6. The van der Waals surface area contributed by atoms with Gasteiger partial charge in [-0.25, -0.2) is 0 Å². The number of hydrogen-bond acceptors (Lipinski definition) is 8. The topological polar surface area (TPSA) is 129 Å². The van der Waals surface area contributed by atoms with Crippen molar-refractivity contribution in [2.45, 2.75) is 44.8 Å². The number of hydrogen-bond donors (Lipinski definition) is 3. The molecule has 1 fully saturated rings. The standard InChI is InChI=1S/C25H28N8O2/c26-22-21-23-31-24(30-22)35-11-3-1-2-4-17-12-16(14-33(23)25(34)29-21)5-8-20(17)18-13-28-32(15-18)10-9-27-19-6-7-19/h1-2,5,8,12-13,15,19,27H,3-4,6-7,9-11,14H2,(H,29,34)(H2,26,30,31)/b2-1+. The van der Waals surface area contributed by atoms with E-state index in [1.807, 2.05) is 10.9 Å². The van der Waals surface area contributed by atoms with E-state index in [-0.39, 0.29) is 17.8 Å². The molecule has 1 aliphatic heterocycles. The predicted octanol–water partition coefficient (Wildman–Crippen LogP) is 2.66. The number of nitrogen functional groups attached to an aromatic ring is 1. The molecule has 0 atom stereocenters. The second-order valence-electron chi connectivity index (χ2n) is 9.09. The SMILES string of the molecule is Nc1nc2nc3c1nc(O)n3Cc1ccc(-c3cnn(CCNC4CC4)c3)c(c1)C/C=C/CCO2. The summed E-state index contributed by atoms with van der Waals surface area (Å²) in [6.07, 6.45) is 12.4. The Morgan fingerprint density at radius 2 is 2.09 bits per heavy atom. The highest BCUT2D eigenvalue weighted by molar-refractivity contribution is 5.83. The van der Waals surface area contributed by atoms with Crippen LogP contribution in [-0.4, -0.2) is 53.6 Å². The van der Waals surface area contributed by atoms with Crippen molar-refractivity contribution < 1.29 is 9.84 Å². The minimum Gasteiger partial charge on any atom is -0.480 e. The van der Waals surface area contributed by atoms with Crippen molar-refractivity contribution in [2.75, 3.05) is 18.9 Å². The van der Waals surface area contributed by atoms with Crippen molar-refractivity contribution in [3.8, 4) is 23.1 Å². The van der Waals surface area contributed by atoms with Crippen LogP contribution in [0.25, 0.3) is 22.3 Å². The summed E-state index contributed by atoms with van der Waals surface area (Å²) in [5.41, 5.74) is 11.3. The van der Waals surface area contributed by atoms with E-state index in [4.69, 9.17) is 10.5 Å². The van der Waals surface area contributed by atoms with Crippen LogP contribution in [0, 0.1) is 0 Å². The van der Waals surface area contributed by atoms with E-state index in [1.54, 1.807) is 4.57 Å². The first kappa shape index (κ1) is 21.6. The summed E-state index contributed by atoms with van der Waals surface area (Å²) in [7, 11) is 0. The molecule has 6 rings (SSSR count). The number of nitrogens with one attached hydrogen (secondary N) is 1. The number of fused-ring (bicyclic) bond motifs is 3. The maximum absolute atomic E-state index is 10.5. The molecule has 1 saturated carbocycles. The van der Waals surface area contributed by atoms with Gasteiger partial charge in [-0.3, -0.25) is 9.25 Å². The van der Waals surface area contributed by atoms with Gasteiger partial charge in [-0.2, -0.15) is 20.1 Å². The molecule has 0 unspecified atom stereocenters. The second kappa shape index (κ2) is 9.03. The number of aromatic nitrogens is 6. The van der Waals surface area contributed by atoms with Gasteiger partial charge in [-0.15, -0.1) is 0 Å². The monoisotopic (exact) mass is 472 g/mol. The van der Waals surface area contributed by atoms with Gasteiger partial charge in [0.15, 0.2) is 17.0 Å². The lowest BCUT2D eigenvalue weighted by molar-refractivity contribution is 0.300. The highest BCUT2D eigenvalue weighted by Gasteiger charge is 2.20. The largest absolute Gasteiger partial charge is 0.480 e. The molecule has 4 aromatic rings. The molecule has 4 N–H and O–H groups in total. The number of imidazole rings is 1. The summed E-state index contributed by atoms with van der Waals surface area (Å²) < 4.78 is 9.34. The lowest BCUT2D eigenvalue weighted by atomic mass is 9.97. The number of allylic oxidation sites excluding steroid dienone is 1. The summed E-state index contributed by atoms with van der Waals surface area (Å²) in [6, 6.07) is 7.09. The maximum atomic E-state index is 10.5. The molecule has 0 radical (unpaired) electrons. The van der Waals surface area contributed by atoms with Gasteiger partial charge in [0.1, 0.15) is 0 Å². The zero-order valence-electron chi connectivity index (χ0n) is 19.4. The van der Waals surface area contributed by atoms with E-state index in [1.165, 1.54) is 18.4 Å². The minimum absolute atomic E-state index is 0.156. The average molecular weight is 473 g/mol. The Morgan fingerprint density at radius 1 is 1.17 bits per heavy atom. The lowest BCUT2D eigenvalue weighted by Crippen LogP contribution is -2.21. The number of rotatable bonds is 5. The number of nitrogens with zero attached hydrogens (tertiary/aromatic N) is 6. The number of anilines is 1. The quantitative estimate of drug-likeness (QED) is 0.378. The third-order valence-corrected chi connectivity index (χ3v) is 6.41. The van der Waals surface area contributed by atoms with Crippen LogP contribution in [-0.2, 0) is 19.5 Å². The fourth-order valence-corrected chi connectivity index (χ4v) is 4.42. The average Bonchev–Trinajstić information content (AvgIpc) is 3.46. The first-order valence-electron chi connectivity index (χ1n) is 12.0. The molecule has 0 saturated heterocycles. The summed E-state index contributed by atoms with van der Waals surface area (Å²) in [5.74, 6) is 0.182. The molecular formula is C25H28N8O2. The van der Waals surface area contributed by atoms with E-state index < -0.39 is 0 Å². The maximum Gasteiger partial charge on any atom is 0.320 e.